The van der Waals surface area contributed by atoms with Gasteiger partial charge in [0.15, 0.2) is 0 Å². The molecule has 0 spiro atoms. The van der Waals surface area contributed by atoms with Crippen LogP contribution in [0.3, 0.4) is 0 Å². The zero-order valence-corrected chi connectivity index (χ0v) is 14.4. The molecule has 8 N–H and O–H groups in total. The van der Waals surface area contributed by atoms with Gasteiger partial charge in [-0.15, -0.1) is 0 Å². The Labute approximate surface area is 153 Å². The summed E-state index contributed by atoms with van der Waals surface area (Å²) in [5, 5.41) is 32.4. The van der Waals surface area contributed by atoms with E-state index in [2.05, 4.69) is 16.0 Å². The normalized spacial score (nSPS) is 13.6. The smallest absolute Gasteiger partial charge is 0.326 e. The first-order valence-electron chi connectivity index (χ1n) is 7.73. The second-order valence-electron chi connectivity index (χ2n) is 5.54. The maximum absolute atomic E-state index is 11.9. The number of nitrogens with one attached hydrogen (secondary N) is 3. The average molecular weight is 390 g/mol. The van der Waals surface area contributed by atoms with Crippen LogP contribution in [0.4, 0.5) is 0 Å². The van der Waals surface area contributed by atoms with E-state index < -0.39 is 73.1 Å². The molecular weight excluding hydrogens is 368 g/mol. The number of amides is 3. The van der Waals surface area contributed by atoms with Crippen molar-refractivity contribution < 1.29 is 44.1 Å². The molecule has 0 fully saturated rings. The molecule has 152 valence electrons. The van der Waals surface area contributed by atoms with Crippen LogP contribution >= 0.6 is 0 Å². The average Bonchev–Trinajstić information content (AvgIpc) is 2.54. The van der Waals surface area contributed by atoms with Gasteiger partial charge >= 0.3 is 17.9 Å². The lowest BCUT2D eigenvalue weighted by molar-refractivity contribution is -0.143. The van der Waals surface area contributed by atoms with Crippen molar-refractivity contribution in [3.8, 4) is 0 Å². The summed E-state index contributed by atoms with van der Waals surface area (Å²) in [4.78, 5) is 67.0. The number of carbonyl (C=O) groups excluding carboxylic acids is 3. The predicted molar refractivity (Wildman–Crippen MR) is 87.3 cm³/mol. The molecule has 0 aliphatic rings. The summed E-state index contributed by atoms with van der Waals surface area (Å²) < 4.78 is 0. The second-order valence-corrected chi connectivity index (χ2v) is 5.54. The Morgan fingerprint density at radius 1 is 0.926 bits per heavy atom. The number of rotatable bonds is 12. The van der Waals surface area contributed by atoms with E-state index in [1.54, 1.807) is 0 Å². The van der Waals surface area contributed by atoms with Gasteiger partial charge in [0.05, 0.1) is 19.0 Å². The van der Waals surface area contributed by atoms with E-state index in [-0.39, 0.29) is 6.42 Å². The minimum atomic E-state index is -1.44. The number of nitrogens with two attached hydrogens (primary N) is 1. The van der Waals surface area contributed by atoms with Crippen LogP contribution in [0.25, 0.3) is 0 Å². The minimum Gasteiger partial charge on any atom is -0.481 e. The van der Waals surface area contributed by atoms with E-state index in [0.29, 0.717) is 0 Å². The Bertz CT molecular complexity index is 607. The second kappa shape index (κ2) is 11.4. The largest absolute Gasteiger partial charge is 0.481 e. The molecule has 0 aromatic rings. The molecular formula is C14H22N4O9. The number of carboxylic acids is 3. The fraction of sp³-hybridized carbons (Fsp3) is 0.571. The van der Waals surface area contributed by atoms with Gasteiger partial charge in [-0.1, -0.05) is 0 Å². The molecule has 3 unspecified atom stereocenters. The fourth-order valence-corrected chi connectivity index (χ4v) is 1.76. The van der Waals surface area contributed by atoms with Gasteiger partial charge in [-0.2, -0.15) is 0 Å². The molecule has 0 rings (SSSR count). The first-order valence-corrected chi connectivity index (χ1v) is 7.73. The molecule has 3 atom stereocenters. The van der Waals surface area contributed by atoms with Crippen LogP contribution in [-0.4, -0.2) is 75.6 Å². The van der Waals surface area contributed by atoms with Crippen molar-refractivity contribution in [1.82, 2.24) is 16.0 Å². The zero-order chi connectivity index (χ0) is 21.1. The Morgan fingerprint density at radius 2 is 1.52 bits per heavy atom. The zero-order valence-electron chi connectivity index (χ0n) is 14.4. The van der Waals surface area contributed by atoms with Crippen LogP contribution in [-0.2, 0) is 28.8 Å². The Morgan fingerprint density at radius 3 is 2.00 bits per heavy atom. The highest BCUT2D eigenvalue weighted by molar-refractivity contribution is 5.93. The molecule has 0 saturated heterocycles. The van der Waals surface area contributed by atoms with Gasteiger partial charge in [-0.05, 0) is 13.3 Å². The van der Waals surface area contributed by atoms with Crippen molar-refractivity contribution in [3.63, 3.8) is 0 Å². The number of aliphatic carboxylic acids is 3. The third kappa shape index (κ3) is 10.4. The van der Waals surface area contributed by atoms with E-state index in [0.717, 1.165) is 0 Å². The summed E-state index contributed by atoms with van der Waals surface area (Å²) in [7, 11) is 0. The number of carbonyl (C=O) groups is 6. The highest BCUT2D eigenvalue weighted by Gasteiger charge is 2.25. The fourth-order valence-electron chi connectivity index (χ4n) is 1.76. The first-order chi connectivity index (χ1) is 12.4. The van der Waals surface area contributed by atoms with Gasteiger partial charge < -0.3 is 37.0 Å². The third-order valence-corrected chi connectivity index (χ3v) is 3.19. The van der Waals surface area contributed by atoms with Gasteiger partial charge in [0, 0.05) is 6.42 Å². The Kier molecular flexibility index (Phi) is 10.0. The number of carboxylic acid groups (broad SMARTS) is 3. The highest BCUT2D eigenvalue weighted by Crippen LogP contribution is 1.99. The Hall–Kier alpha value is -3.22. The number of hydrogen-bond acceptors (Lipinski definition) is 7. The standard InChI is InChI=1S/C14H22N4O9/c1-6(12(24)18-8(14(26)27)2-3-10(20)21)17-9(19)5-16-13(25)7(15)4-11(22)23/h6-8H,2-5,15H2,1H3,(H,16,25)(H,17,19)(H,18,24)(H,20,21)(H,22,23)(H,26,27). The summed E-state index contributed by atoms with van der Waals surface area (Å²) in [6, 6.07) is -3.96. The van der Waals surface area contributed by atoms with E-state index >= 15 is 0 Å². The van der Waals surface area contributed by atoms with Crippen LogP contribution in [0.1, 0.15) is 26.2 Å². The van der Waals surface area contributed by atoms with Gasteiger partial charge in [0.2, 0.25) is 17.7 Å². The molecule has 13 nitrogen and oxygen atoms in total. The molecule has 0 aliphatic carbocycles. The van der Waals surface area contributed by atoms with Gasteiger partial charge in [-0.25, -0.2) is 4.79 Å². The molecule has 13 heteroatoms. The molecule has 0 aromatic carbocycles. The minimum absolute atomic E-state index is 0.339. The van der Waals surface area contributed by atoms with Crippen molar-refractivity contribution in [2.45, 2.75) is 44.3 Å². The third-order valence-electron chi connectivity index (χ3n) is 3.19. The number of hydrogen-bond donors (Lipinski definition) is 7. The van der Waals surface area contributed by atoms with Crippen LogP contribution in [0.5, 0.6) is 0 Å². The maximum atomic E-state index is 11.9. The Balaban J connectivity index is 4.45. The van der Waals surface area contributed by atoms with Crippen molar-refractivity contribution in [3.05, 3.63) is 0 Å². The van der Waals surface area contributed by atoms with Crippen LogP contribution in [0.15, 0.2) is 0 Å². The van der Waals surface area contributed by atoms with Crippen LogP contribution in [0.2, 0.25) is 0 Å². The first kappa shape index (κ1) is 23.8. The van der Waals surface area contributed by atoms with Gasteiger partial charge in [0.25, 0.3) is 0 Å². The summed E-state index contributed by atoms with van der Waals surface area (Å²) in [6.45, 7) is 0.673. The molecule has 0 aromatic heterocycles. The molecule has 0 aliphatic heterocycles. The molecule has 0 bridgehead atoms. The summed E-state index contributed by atoms with van der Waals surface area (Å²) in [5.74, 6) is -6.48. The van der Waals surface area contributed by atoms with Gasteiger partial charge in [-0.3, -0.25) is 24.0 Å². The molecule has 0 radical (unpaired) electrons. The van der Waals surface area contributed by atoms with Crippen molar-refractivity contribution >= 4 is 35.6 Å². The molecule has 27 heavy (non-hydrogen) atoms. The summed E-state index contributed by atoms with van der Waals surface area (Å²) >= 11 is 0. The maximum Gasteiger partial charge on any atom is 0.326 e. The van der Waals surface area contributed by atoms with E-state index in [1.807, 2.05) is 0 Å². The lowest BCUT2D eigenvalue weighted by Crippen LogP contribution is -2.52. The molecule has 0 heterocycles. The highest BCUT2D eigenvalue weighted by atomic mass is 16.4. The van der Waals surface area contributed by atoms with Crippen LogP contribution < -0.4 is 21.7 Å². The lowest BCUT2D eigenvalue weighted by Gasteiger charge is -2.18. The lowest BCUT2D eigenvalue weighted by atomic mass is 10.1. The van der Waals surface area contributed by atoms with Crippen molar-refractivity contribution in [1.29, 1.82) is 0 Å². The molecule has 3 amide bonds. The summed E-state index contributed by atoms with van der Waals surface area (Å²) in [5.41, 5.74) is 5.30. The van der Waals surface area contributed by atoms with E-state index in [9.17, 15) is 28.8 Å². The van der Waals surface area contributed by atoms with Crippen LogP contribution in [0, 0.1) is 0 Å². The summed E-state index contributed by atoms with van der Waals surface area (Å²) in [6.07, 6.45) is -1.44. The SMILES string of the molecule is CC(NC(=O)CNC(=O)C(N)CC(=O)O)C(=O)NC(CCC(=O)O)C(=O)O. The van der Waals surface area contributed by atoms with Crippen molar-refractivity contribution in [2.24, 2.45) is 5.73 Å². The predicted octanol–water partition coefficient (Wildman–Crippen LogP) is -3.16. The van der Waals surface area contributed by atoms with E-state index in [4.69, 9.17) is 21.1 Å². The van der Waals surface area contributed by atoms with Crippen molar-refractivity contribution in [2.75, 3.05) is 6.54 Å². The quantitative estimate of drug-likeness (QED) is 0.177. The topological polar surface area (TPSA) is 225 Å². The molecule has 0 saturated carbocycles. The monoisotopic (exact) mass is 390 g/mol. The van der Waals surface area contributed by atoms with Gasteiger partial charge in [0.1, 0.15) is 12.1 Å². The van der Waals surface area contributed by atoms with E-state index in [1.165, 1.54) is 6.92 Å².